The zero-order chi connectivity index (χ0) is 13.0. The van der Waals surface area contributed by atoms with Gasteiger partial charge in [0.1, 0.15) is 0 Å². The fourth-order valence-corrected chi connectivity index (χ4v) is 3.53. The van der Waals surface area contributed by atoms with Gasteiger partial charge >= 0.3 is 0 Å². The largest absolute Gasteiger partial charge is 0.312 e. The van der Waals surface area contributed by atoms with Crippen molar-refractivity contribution in [2.24, 2.45) is 0 Å². The van der Waals surface area contributed by atoms with E-state index in [2.05, 4.69) is 64.6 Å². The van der Waals surface area contributed by atoms with Crippen LogP contribution in [0.5, 0.6) is 0 Å². The van der Waals surface area contributed by atoms with E-state index < -0.39 is 0 Å². The Bertz CT molecular complexity index is 507. The lowest BCUT2D eigenvalue weighted by Gasteiger charge is -2.14. The van der Waals surface area contributed by atoms with Crippen LogP contribution in [0.2, 0.25) is 0 Å². The molecule has 2 aromatic rings. The van der Waals surface area contributed by atoms with E-state index in [9.17, 15) is 0 Å². The van der Waals surface area contributed by atoms with Crippen LogP contribution in [0.15, 0.2) is 40.9 Å². The van der Waals surface area contributed by atoms with E-state index in [0.717, 1.165) is 17.3 Å². The Morgan fingerprint density at radius 3 is 2.72 bits per heavy atom. The molecule has 1 atom stereocenters. The highest BCUT2D eigenvalue weighted by atomic mass is 79.9. The molecule has 0 saturated carbocycles. The standard InChI is InChI=1S/C15H18BrNS/c1-3-13-7-8-15(18-13)14(17-2)10-11-5-4-6-12(16)9-11/h4-9,14,17H,3,10H2,1-2H3. The van der Waals surface area contributed by atoms with Crippen LogP contribution in [0, 0.1) is 0 Å². The maximum Gasteiger partial charge on any atom is 0.0453 e. The first-order valence-electron chi connectivity index (χ1n) is 6.23. The van der Waals surface area contributed by atoms with Gasteiger partial charge in [0.2, 0.25) is 0 Å². The fraction of sp³-hybridized carbons (Fsp3) is 0.333. The molecule has 0 fully saturated rings. The van der Waals surface area contributed by atoms with Crippen LogP contribution < -0.4 is 5.32 Å². The molecule has 0 aliphatic heterocycles. The highest BCUT2D eigenvalue weighted by Gasteiger charge is 2.12. The summed E-state index contributed by atoms with van der Waals surface area (Å²) in [5.74, 6) is 0. The van der Waals surface area contributed by atoms with Gasteiger partial charge in [-0.3, -0.25) is 0 Å². The predicted molar refractivity (Wildman–Crippen MR) is 83.3 cm³/mol. The number of hydrogen-bond donors (Lipinski definition) is 1. The summed E-state index contributed by atoms with van der Waals surface area (Å²) in [5, 5.41) is 3.42. The van der Waals surface area contributed by atoms with Crippen molar-refractivity contribution < 1.29 is 0 Å². The second-order valence-electron chi connectivity index (χ2n) is 4.33. The van der Waals surface area contributed by atoms with E-state index >= 15 is 0 Å². The van der Waals surface area contributed by atoms with Crippen molar-refractivity contribution in [2.45, 2.75) is 25.8 Å². The van der Waals surface area contributed by atoms with Crippen molar-refractivity contribution in [1.82, 2.24) is 5.32 Å². The average Bonchev–Trinajstić information content (AvgIpc) is 2.84. The molecule has 1 unspecified atom stereocenters. The summed E-state index contributed by atoms with van der Waals surface area (Å²) < 4.78 is 1.15. The summed E-state index contributed by atoms with van der Waals surface area (Å²) >= 11 is 5.44. The summed E-state index contributed by atoms with van der Waals surface area (Å²) in [4.78, 5) is 2.88. The second kappa shape index (κ2) is 6.50. The van der Waals surface area contributed by atoms with Gasteiger partial charge in [0.15, 0.2) is 0 Å². The predicted octanol–water partition coefficient (Wildman–Crippen LogP) is 4.58. The van der Waals surface area contributed by atoms with Gasteiger partial charge in [-0.25, -0.2) is 0 Å². The van der Waals surface area contributed by atoms with Crippen LogP contribution in [-0.4, -0.2) is 7.05 Å². The number of halogens is 1. The summed E-state index contributed by atoms with van der Waals surface area (Å²) in [5.41, 5.74) is 1.36. The van der Waals surface area contributed by atoms with E-state index in [1.807, 2.05) is 18.4 Å². The van der Waals surface area contributed by atoms with Gasteiger partial charge in [-0.15, -0.1) is 11.3 Å². The highest BCUT2D eigenvalue weighted by molar-refractivity contribution is 9.10. The van der Waals surface area contributed by atoms with Crippen molar-refractivity contribution in [1.29, 1.82) is 0 Å². The van der Waals surface area contributed by atoms with Crippen molar-refractivity contribution in [2.75, 3.05) is 7.05 Å². The van der Waals surface area contributed by atoms with Crippen LogP contribution in [0.3, 0.4) is 0 Å². The third-order valence-electron chi connectivity index (χ3n) is 3.05. The quantitative estimate of drug-likeness (QED) is 0.849. The molecule has 0 aliphatic rings. The zero-order valence-corrected chi connectivity index (χ0v) is 13.1. The molecule has 1 aromatic heterocycles. The van der Waals surface area contributed by atoms with Crippen LogP contribution >= 0.6 is 27.3 Å². The van der Waals surface area contributed by atoms with Gasteiger partial charge in [-0.05, 0) is 49.7 Å². The normalized spacial score (nSPS) is 12.6. The lowest BCUT2D eigenvalue weighted by molar-refractivity contribution is 0.602. The number of likely N-dealkylation sites (N-methyl/N-ethyl adjacent to an activating group) is 1. The second-order valence-corrected chi connectivity index (χ2v) is 6.45. The maximum absolute atomic E-state index is 3.53. The van der Waals surface area contributed by atoms with Gasteiger partial charge in [0.05, 0.1) is 0 Å². The molecule has 1 heterocycles. The van der Waals surface area contributed by atoms with Gasteiger partial charge in [0.25, 0.3) is 0 Å². The summed E-state index contributed by atoms with van der Waals surface area (Å²) in [6.45, 7) is 2.21. The highest BCUT2D eigenvalue weighted by Crippen LogP contribution is 2.27. The topological polar surface area (TPSA) is 12.0 Å². The SMILES string of the molecule is CCc1ccc(C(Cc2cccc(Br)c2)NC)s1. The monoisotopic (exact) mass is 323 g/mol. The molecule has 0 aliphatic carbocycles. The third kappa shape index (κ3) is 3.44. The van der Waals surface area contributed by atoms with Crippen LogP contribution in [0.1, 0.15) is 28.3 Å². The first-order valence-corrected chi connectivity index (χ1v) is 7.84. The van der Waals surface area contributed by atoms with Crippen molar-refractivity contribution in [3.8, 4) is 0 Å². The molecular weight excluding hydrogens is 306 g/mol. The summed E-state index contributed by atoms with van der Waals surface area (Å²) in [6.07, 6.45) is 2.15. The molecule has 0 bridgehead atoms. The molecule has 1 nitrogen and oxygen atoms in total. The van der Waals surface area contributed by atoms with Crippen molar-refractivity contribution in [3.63, 3.8) is 0 Å². The Morgan fingerprint density at radius 1 is 1.28 bits per heavy atom. The van der Waals surface area contributed by atoms with Gasteiger partial charge in [0, 0.05) is 20.3 Å². The van der Waals surface area contributed by atoms with E-state index in [1.54, 1.807) is 0 Å². The van der Waals surface area contributed by atoms with Crippen molar-refractivity contribution in [3.05, 3.63) is 56.2 Å². The Hall–Kier alpha value is -0.640. The molecule has 96 valence electrons. The molecule has 2 rings (SSSR count). The van der Waals surface area contributed by atoms with Crippen molar-refractivity contribution >= 4 is 27.3 Å². The number of nitrogens with one attached hydrogen (secondary N) is 1. The lowest BCUT2D eigenvalue weighted by Crippen LogP contribution is -2.17. The molecule has 18 heavy (non-hydrogen) atoms. The zero-order valence-electron chi connectivity index (χ0n) is 10.7. The number of thiophene rings is 1. The molecule has 0 spiro atoms. The first kappa shape index (κ1) is 13.8. The maximum atomic E-state index is 3.53. The Balaban J connectivity index is 2.14. The van der Waals surface area contributed by atoms with Gasteiger partial charge < -0.3 is 5.32 Å². The average molecular weight is 324 g/mol. The van der Waals surface area contributed by atoms with Gasteiger partial charge in [-0.2, -0.15) is 0 Å². The fourth-order valence-electron chi connectivity index (χ4n) is 2.02. The van der Waals surface area contributed by atoms with Crippen LogP contribution in [0.25, 0.3) is 0 Å². The minimum Gasteiger partial charge on any atom is -0.312 e. The van der Waals surface area contributed by atoms with Crippen LogP contribution in [0.4, 0.5) is 0 Å². The smallest absolute Gasteiger partial charge is 0.0453 e. The number of benzene rings is 1. The molecule has 0 saturated heterocycles. The Kier molecular flexibility index (Phi) is 4.98. The molecule has 0 radical (unpaired) electrons. The van der Waals surface area contributed by atoms with Crippen LogP contribution in [-0.2, 0) is 12.8 Å². The van der Waals surface area contributed by atoms with Gasteiger partial charge in [-0.1, -0.05) is 35.0 Å². The molecule has 1 N–H and O–H groups in total. The van der Waals surface area contributed by atoms with E-state index in [4.69, 9.17) is 0 Å². The summed E-state index contributed by atoms with van der Waals surface area (Å²) in [7, 11) is 2.04. The number of aryl methyl sites for hydroxylation is 1. The first-order chi connectivity index (χ1) is 8.72. The molecule has 3 heteroatoms. The number of hydrogen-bond acceptors (Lipinski definition) is 2. The Morgan fingerprint density at radius 2 is 2.11 bits per heavy atom. The Labute approximate surface area is 121 Å². The van der Waals surface area contributed by atoms with E-state index in [0.29, 0.717) is 6.04 Å². The number of rotatable bonds is 5. The molecule has 0 amide bonds. The lowest BCUT2D eigenvalue weighted by atomic mass is 10.1. The van der Waals surface area contributed by atoms with E-state index in [1.165, 1.54) is 15.3 Å². The van der Waals surface area contributed by atoms with E-state index in [-0.39, 0.29) is 0 Å². The molecule has 1 aromatic carbocycles. The minimum atomic E-state index is 0.407. The summed E-state index contributed by atoms with van der Waals surface area (Å²) in [6, 6.07) is 13.4. The minimum absolute atomic E-state index is 0.407. The third-order valence-corrected chi connectivity index (χ3v) is 4.89. The molecular formula is C15H18BrNS.